The molecule has 0 radical (unpaired) electrons. The molecule has 2 aromatic heterocycles. The number of aromatic nitrogens is 5. The summed E-state index contributed by atoms with van der Waals surface area (Å²) in [7, 11) is 0. The minimum Gasteiger partial charge on any atom is -0.342 e. The Hall–Kier alpha value is -3.03. The van der Waals surface area contributed by atoms with E-state index in [-0.39, 0.29) is 17.9 Å². The molecule has 0 N–H and O–H groups in total. The molecule has 3 aromatic rings. The molecule has 1 atom stereocenters. The van der Waals surface area contributed by atoms with E-state index in [2.05, 4.69) is 20.5 Å². The van der Waals surface area contributed by atoms with Crippen molar-refractivity contribution >= 4 is 5.91 Å². The second kappa shape index (κ2) is 7.92. The molecule has 3 heterocycles. The Bertz CT molecular complexity index is 927. The largest absolute Gasteiger partial charge is 0.342 e. The van der Waals surface area contributed by atoms with Gasteiger partial charge in [-0.15, -0.1) is 5.10 Å². The van der Waals surface area contributed by atoms with Gasteiger partial charge >= 0.3 is 0 Å². The van der Waals surface area contributed by atoms with Crippen LogP contribution >= 0.6 is 0 Å². The summed E-state index contributed by atoms with van der Waals surface area (Å²) < 4.78 is 7.08. The Kier molecular flexibility index (Phi) is 5.18. The van der Waals surface area contributed by atoms with Crippen LogP contribution in [0.25, 0.3) is 11.6 Å². The van der Waals surface area contributed by atoms with Gasteiger partial charge in [-0.3, -0.25) is 4.79 Å². The molecule has 1 aliphatic rings. The van der Waals surface area contributed by atoms with Crippen molar-refractivity contribution in [2.24, 2.45) is 0 Å². The molecule has 1 aliphatic heterocycles. The maximum Gasteiger partial charge on any atom is 0.280 e. The predicted molar refractivity (Wildman–Crippen MR) is 102 cm³/mol. The Labute approximate surface area is 163 Å². The Morgan fingerprint density at radius 3 is 2.68 bits per heavy atom. The van der Waals surface area contributed by atoms with Crippen LogP contribution in [0.1, 0.15) is 50.0 Å². The van der Waals surface area contributed by atoms with E-state index in [1.165, 1.54) is 0 Å². The Morgan fingerprint density at radius 1 is 1.25 bits per heavy atom. The standard InChI is InChI=1S/C20H24N6O2/c1-3-18-21-19(28-23-18)17-13-26(24-22-17)16-9-11-25(12-10-16)20(27)14(2)15-7-5-4-6-8-15/h4-8,13-14,16H,3,9-12H2,1-2H3. The minimum atomic E-state index is -0.124. The van der Waals surface area contributed by atoms with E-state index in [0.29, 0.717) is 23.8 Å². The number of likely N-dealkylation sites (tertiary alicyclic amines) is 1. The highest BCUT2D eigenvalue weighted by Crippen LogP contribution is 2.26. The van der Waals surface area contributed by atoms with Crippen molar-refractivity contribution in [3.05, 3.63) is 47.9 Å². The van der Waals surface area contributed by atoms with Crippen molar-refractivity contribution < 1.29 is 9.32 Å². The number of aryl methyl sites for hydroxylation is 1. The van der Waals surface area contributed by atoms with Crippen LogP contribution in [0, 0.1) is 0 Å². The second-order valence-corrected chi connectivity index (χ2v) is 7.14. The zero-order chi connectivity index (χ0) is 19.5. The maximum absolute atomic E-state index is 12.8. The summed E-state index contributed by atoms with van der Waals surface area (Å²) in [5.74, 6) is 1.11. The van der Waals surface area contributed by atoms with Crippen LogP contribution in [0.4, 0.5) is 0 Å². The third-order valence-electron chi connectivity index (χ3n) is 5.33. The molecule has 1 saturated heterocycles. The highest BCUT2D eigenvalue weighted by Gasteiger charge is 2.28. The van der Waals surface area contributed by atoms with Crippen LogP contribution < -0.4 is 0 Å². The number of amides is 1. The lowest BCUT2D eigenvalue weighted by atomic mass is 9.97. The summed E-state index contributed by atoms with van der Waals surface area (Å²) in [5, 5.41) is 12.3. The van der Waals surface area contributed by atoms with Gasteiger partial charge < -0.3 is 9.42 Å². The van der Waals surface area contributed by atoms with Crippen molar-refractivity contribution in [2.75, 3.05) is 13.1 Å². The SMILES string of the molecule is CCc1noc(-c2cn(C3CCN(C(=O)C(C)c4ccccc4)CC3)nn2)n1. The van der Waals surface area contributed by atoms with Crippen molar-refractivity contribution in [3.8, 4) is 11.6 Å². The molecule has 1 unspecified atom stereocenters. The molecule has 8 heteroatoms. The van der Waals surface area contributed by atoms with Crippen molar-refractivity contribution in [1.29, 1.82) is 0 Å². The first kappa shape index (κ1) is 18.3. The van der Waals surface area contributed by atoms with Crippen LogP contribution in [0.15, 0.2) is 41.1 Å². The number of hydrogen-bond donors (Lipinski definition) is 0. The summed E-state index contributed by atoms with van der Waals surface area (Å²) in [6.07, 6.45) is 4.26. The highest BCUT2D eigenvalue weighted by atomic mass is 16.5. The molecule has 8 nitrogen and oxygen atoms in total. The van der Waals surface area contributed by atoms with E-state index in [9.17, 15) is 4.79 Å². The Balaban J connectivity index is 1.37. The fourth-order valence-electron chi connectivity index (χ4n) is 3.56. The van der Waals surface area contributed by atoms with Gasteiger partial charge in [0.1, 0.15) is 0 Å². The average molecular weight is 380 g/mol. The molecule has 4 rings (SSSR count). The molecule has 28 heavy (non-hydrogen) atoms. The highest BCUT2D eigenvalue weighted by molar-refractivity contribution is 5.83. The van der Waals surface area contributed by atoms with E-state index in [0.717, 1.165) is 31.5 Å². The van der Waals surface area contributed by atoms with Crippen LogP contribution in [0.2, 0.25) is 0 Å². The quantitative estimate of drug-likeness (QED) is 0.676. The molecular weight excluding hydrogens is 356 g/mol. The van der Waals surface area contributed by atoms with E-state index >= 15 is 0 Å². The van der Waals surface area contributed by atoms with Crippen molar-refractivity contribution in [2.45, 2.75) is 45.1 Å². The van der Waals surface area contributed by atoms with Gasteiger partial charge in [0, 0.05) is 19.5 Å². The first-order valence-electron chi connectivity index (χ1n) is 9.74. The van der Waals surface area contributed by atoms with Crippen LogP contribution in [0.3, 0.4) is 0 Å². The topological polar surface area (TPSA) is 89.9 Å². The number of hydrogen-bond acceptors (Lipinski definition) is 6. The predicted octanol–water partition coefficient (Wildman–Crippen LogP) is 2.86. The first-order chi connectivity index (χ1) is 13.7. The molecule has 0 spiro atoms. The molecule has 146 valence electrons. The van der Waals surface area contributed by atoms with Crippen LogP contribution in [-0.2, 0) is 11.2 Å². The number of benzene rings is 1. The molecular formula is C20H24N6O2. The molecule has 1 fully saturated rings. The van der Waals surface area contributed by atoms with Gasteiger partial charge in [-0.05, 0) is 25.3 Å². The van der Waals surface area contributed by atoms with E-state index < -0.39 is 0 Å². The zero-order valence-corrected chi connectivity index (χ0v) is 16.2. The summed E-state index contributed by atoms with van der Waals surface area (Å²) in [6.45, 7) is 5.38. The average Bonchev–Trinajstić information content (AvgIpc) is 3.43. The summed E-state index contributed by atoms with van der Waals surface area (Å²) in [5.41, 5.74) is 1.64. The Morgan fingerprint density at radius 2 is 2.00 bits per heavy atom. The van der Waals surface area contributed by atoms with Gasteiger partial charge in [-0.1, -0.05) is 47.6 Å². The fourth-order valence-corrected chi connectivity index (χ4v) is 3.56. The van der Waals surface area contributed by atoms with Crippen LogP contribution in [-0.4, -0.2) is 49.0 Å². The summed E-state index contributed by atoms with van der Waals surface area (Å²) in [4.78, 5) is 19.1. The van der Waals surface area contributed by atoms with Gasteiger partial charge in [0.2, 0.25) is 5.91 Å². The fraction of sp³-hybridized carbons (Fsp3) is 0.450. The van der Waals surface area contributed by atoms with Crippen molar-refractivity contribution in [3.63, 3.8) is 0 Å². The maximum atomic E-state index is 12.8. The monoisotopic (exact) mass is 380 g/mol. The third kappa shape index (κ3) is 3.67. The van der Waals surface area contributed by atoms with Gasteiger partial charge in [0.15, 0.2) is 11.5 Å². The van der Waals surface area contributed by atoms with Gasteiger partial charge in [0.25, 0.3) is 5.89 Å². The number of nitrogens with zero attached hydrogens (tertiary/aromatic N) is 6. The van der Waals surface area contributed by atoms with E-state index in [1.54, 1.807) is 0 Å². The number of carbonyl (C=O) groups is 1. The molecule has 0 aliphatic carbocycles. The smallest absolute Gasteiger partial charge is 0.280 e. The van der Waals surface area contributed by atoms with E-state index in [4.69, 9.17) is 4.52 Å². The van der Waals surface area contributed by atoms with Crippen molar-refractivity contribution in [1.82, 2.24) is 30.0 Å². The number of carbonyl (C=O) groups excluding carboxylic acids is 1. The first-order valence-corrected chi connectivity index (χ1v) is 9.74. The van der Waals surface area contributed by atoms with Crippen LogP contribution in [0.5, 0.6) is 0 Å². The summed E-state index contributed by atoms with van der Waals surface area (Å²) in [6, 6.07) is 10.1. The van der Waals surface area contributed by atoms with Gasteiger partial charge in [-0.25, -0.2) is 4.68 Å². The second-order valence-electron chi connectivity index (χ2n) is 7.14. The zero-order valence-electron chi connectivity index (χ0n) is 16.2. The minimum absolute atomic E-state index is 0.124. The number of rotatable bonds is 5. The van der Waals surface area contributed by atoms with Gasteiger partial charge in [0.05, 0.1) is 18.2 Å². The molecule has 1 aromatic carbocycles. The lowest BCUT2D eigenvalue weighted by Crippen LogP contribution is -2.41. The lowest BCUT2D eigenvalue weighted by molar-refractivity contribution is -0.133. The third-order valence-corrected chi connectivity index (χ3v) is 5.33. The summed E-state index contributed by atoms with van der Waals surface area (Å²) >= 11 is 0. The van der Waals surface area contributed by atoms with Gasteiger partial charge in [-0.2, -0.15) is 4.98 Å². The van der Waals surface area contributed by atoms with E-state index in [1.807, 2.05) is 60.0 Å². The normalized spacial score (nSPS) is 16.3. The molecule has 1 amide bonds. The molecule has 0 saturated carbocycles. The number of piperidine rings is 1. The molecule has 0 bridgehead atoms. The lowest BCUT2D eigenvalue weighted by Gasteiger charge is -2.33.